The Morgan fingerprint density at radius 2 is 2.00 bits per heavy atom. The lowest BCUT2D eigenvalue weighted by Gasteiger charge is -2.29. The van der Waals surface area contributed by atoms with Crippen molar-refractivity contribution >= 4 is 11.8 Å². The molecule has 5 heteroatoms. The van der Waals surface area contributed by atoms with Gasteiger partial charge in [-0.15, -0.1) is 0 Å². The molecule has 2 aromatic rings. The highest BCUT2D eigenvalue weighted by atomic mass is 16.2. The van der Waals surface area contributed by atoms with E-state index in [-0.39, 0.29) is 11.9 Å². The van der Waals surface area contributed by atoms with Gasteiger partial charge in [0.2, 0.25) is 5.91 Å². The number of hydrogen-bond acceptors (Lipinski definition) is 2. The summed E-state index contributed by atoms with van der Waals surface area (Å²) in [6, 6.07) is 11.5. The molecule has 1 atom stereocenters. The zero-order valence-electron chi connectivity index (χ0n) is 13.2. The summed E-state index contributed by atoms with van der Waals surface area (Å²) in [4.78, 5) is 28.9. The number of nitrogens with two attached hydrogens (primary N) is 1. The third-order valence-electron chi connectivity index (χ3n) is 4.36. The number of aromatic nitrogens is 1. The molecule has 3 N–H and O–H groups in total. The number of rotatable bonds is 6. The van der Waals surface area contributed by atoms with Gasteiger partial charge in [0.25, 0.3) is 5.91 Å². The molecule has 1 saturated carbocycles. The van der Waals surface area contributed by atoms with Crippen molar-refractivity contribution in [2.75, 3.05) is 6.54 Å². The highest BCUT2D eigenvalue weighted by Gasteiger charge is 2.31. The third kappa shape index (κ3) is 3.44. The van der Waals surface area contributed by atoms with Crippen LogP contribution in [0.5, 0.6) is 0 Å². The Balaban J connectivity index is 1.85. The average Bonchev–Trinajstić information content (AvgIpc) is 3.24. The molecule has 0 saturated heterocycles. The predicted octanol–water partition coefficient (Wildman–Crippen LogP) is 2.73. The van der Waals surface area contributed by atoms with Crippen molar-refractivity contribution in [2.45, 2.75) is 25.8 Å². The Morgan fingerprint density at radius 3 is 2.57 bits per heavy atom. The number of carbonyl (C=O) groups is 2. The summed E-state index contributed by atoms with van der Waals surface area (Å²) in [5.74, 6) is -0.0541. The lowest BCUT2D eigenvalue weighted by molar-refractivity contribution is 0.0675. The molecule has 0 bridgehead atoms. The van der Waals surface area contributed by atoms with Crippen LogP contribution in [-0.2, 0) is 0 Å². The molecule has 1 aliphatic carbocycles. The van der Waals surface area contributed by atoms with Gasteiger partial charge in [-0.25, -0.2) is 0 Å². The van der Waals surface area contributed by atoms with Crippen molar-refractivity contribution in [1.29, 1.82) is 0 Å². The lowest BCUT2D eigenvalue weighted by atomic mass is 10.1. The smallest absolute Gasteiger partial charge is 0.270 e. The van der Waals surface area contributed by atoms with Crippen LogP contribution < -0.4 is 5.73 Å². The number of nitrogens with zero attached hydrogens (tertiary/aromatic N) is 1. The van der Waals surface area contributed by atoms with Crippen LogP contribution in [0.4, 0.5) is 0 Å². The lowest BCUT2D eigenvalue weighted by Crippen LogP contribution is -2.35. The van der Waals surface area contributed by atoms with E-state index < -0.39 is 5.91 Å². The summed E-state index contributed by atoms with van der Waals surface area (Å²) in [6.45, 7) is 2.77. The van der Waals surface area contributed by atoms with E-state index in [1.807, 2.05) is 42.2 Å². The second kappa shape index (κ2) is 6.28. The van der Waals surface area contributed by atoms with Gasteiger partial charge < -0.3 is 15.6 Å². The fourth-order valence-corrected chi connectivity index (χ4v) is 2.72. The van der Waals surface area contributed by atoms with Gasteiger partial charge in [-0.3, -0.25) is 9.59 Å². The van der Waals surface area contributed by atoms with Crippen LogP contribution in [-0.4, -0.2) is 28.2 Å². The van der Waals surface area contributed by atoms with Gasteiger partial charge in [0.05, 0.1) is 11.6 Å². The Hall–Kier alpha value is -2.56. The summed E-state index contributed by atoms with van der Waals surface area (Å²) < 4.78 is 0. The van der Waals surface area contributed by atoms with Gasteiger partial charge in [0.15, 0.2) is 0 Å². The maximum atomic E-state index is 12.9. The van der Waals surface area contributed by atoms with E-state index in [9.17, 15) is 9.59 Å². The van der Waals surface area contributed by atoms with Gasteiger partial charge in [0, 0.05) is 12.7 Å². The van der Waals surface area contributed by atoms with Crippen LogP contribution in [0.1, 0.15) is 52.2 Å². The first-order valence-electron chi connectivity index (χ1n) is 7.90. The van der Waals surface area contributed by atoms with Crippen LogP contribution in [0, 0.1) is 5.92 Å². The number of H-pyrrole nitrogens is 1. The van der Waals surface area contributed by atoms with Crippen molar-refractivity contribution in [3.63, 3.8) is 0 Å². The maximum absolute atomic E-state index is 12.9. The van der Waals surface area contributed by atoms with Gasteiger partial charge in [-0.2, -0.15) is 0 Å². The minimum Gasteiger partial charge on any atom is -0.366 e. The molecule has 0 unspecified atom stereocenters. The number of aromatic amines is 1. The first kappa shape index (κ1) is 15.3. The van der Waals surface area contributed by atoms with Gasteiger partial charge in [-0.1, -0.05) is 30.3 Å². The van der Waals surface area contributed by atoms with E-state index in [2.05, 4.69) is 4.98 Å². The third-order valence-corrected chi connectivity index (χ3v) is 4.36. The zero-order valence-corrected chi connectivity index (χ0v) is 13.2. The second-order valence-corrected chi connectivity index (χ2v) is 6.15. The molecule has 1 fully saturated rings. The number of carbonyl (C=O) groups excluding carboxylic acids is 2. The highest BCUT2D eigenvalue weighted by Crippen LogP contribution is 2.33. The van der Waals surface area contributed by atoms with Crippen molar-refractivity contribution in [3.8, 4) is 0 Å². The quantitative estimate of drug-likeness (QED) is 0.860. The molecule has 120 valence electrons. The zero-order chi connectivity index (χ0) is 16.4. The largest absolute Gasteiger partial charge is 0.366 e. The Labute approximate surface area is 135 Å². The summed E-state index contributed by atoms with van der Waals surface area (Å²) in [5.41, 5.74) is 7.09. The number of hydrogen-bond donors (Lipinski definition) is 2. The molecule has 2 amide bonds. The summed E-state index contributed by atoms with van der Waals surface area (Å²) >= 11 is 0. The molecule has 23 heavy (non-hydrogen) atoms. The molecule has 0 radical (unpaired) electrons. The SMILES string of the molecule is C[C@H](c1ccccc1)N(CC1CC1)C(=O)c1cc(C(N)=O)c[nH]1. The van der Waals surface area contributed by atoms with Gasteiger partial charge >= 0.3 is 0 Å². The highest BCUT2D eigenvalue weighted by molar-refractivity contribution is 5.98. The van der Waals surface area contributed by atoms with E-state index in [0.717, 1.165) is 12.1 Å². The Morgan fingerprint density at radius 1 is 1.30 bits per heavy atom. The first-order valence-corrected chi connectivity index (χ1v) is 7.90. The van der Waals surface area contributed by atoms with E-state index in [1.165, 1.54) is 25.1 Å². The van der Waals surface area contributed by atoms with Gasteiger partial charge in [0.1, 0.15) is 5.69 Å². The van der Waals surface area contributed by atoms with Crippen molar-refractivity contribution in [3.05, 3.63) is 59.4 Å². The molecule has 1 aromatic carbocycles. The van der Waals surface area contributed by atoms with Crippen molar-refractivity contribution in [1.82, 2.24) is 9.88 Å². The fourth-order valence-electron chi connectivity index (χ4n) is 2.72. The van der Waals surface area contributed by atoms with E-state index in [4.69, 9.17) is 5.73 Å². The topological polar surface area (TPSA) is 79.2 Å². The second-order valence-electron chi connectivity index (χ2n) is 6.15. The minimum atomic E-state index is -0.537. The molecule has 0 spiro atoms. The van der Waals surface area contributed by atoms with Gasteiger partial charge in [-0.05, 0) is 37.3 Å². The number of benzene rings is 1. The molecular weight excluding hydrogens is 290 g/mol. The Kier molecular flexibility index (Phi) is 4.19. The molecule has 5 nitrogen and oxygen atoms in total. The van der Waals surface area contributed by atoms with Crippen LogP contribution in [0.15, 0.2) is 42.6 Å². The molecule has 1 aromatic heterocycles. The van der Waals surface area contributed by atoms with E-state index in [1.54, 1.807) is 0 Å². The van der Waals surface area contributed by atoms with Crippen LogP contribution in [0.3, 0.4) is 0 Å². The van der Waals surface area contributed by atoms with Crippen LogP contribution in [0.25, 0.3) is 0 Å². The standard InChI is InChI=1S/C18H21N3O2/c1-12(14-5-3-2-4-6-14)21(11-13-7-8-13)18(23)16-9-15(10-20-16)17(19)22/h2-6,9-10,12-13,20H,7-8,11H2,1H3,(H2,19,22)/t12-/m1/s1. The summed E-state index contributed by atoms with van der Waals surface area (Å²) in [7, 11) is 0. The molecule has 1 heterocycles. The van der Waals surface area contributed by atoms with Crippen LogP contribution in [0.2, 0.25) is 0 Å². The maximum Gasteiger partial charge on any atom is 0.270 e. The minimum absolute atomic E-state index is 0.0235. The molecule has 0 aliphatic heterocycles. The van der Waals surface area contributed by atoms with Crippen molar-refractivity contribution in [2.24, 2.45) is 11.7 Å². The molecular formula is C18H21N3O2. The average molecular weight is 311 g/mol. The monoisotopic (exact) mass is 311 g/mol. The van der Waals surface area contributed by atoms with E-state index in [0.29, 0.717) is 17.2 Å². The molecule has 1 aliphatic rings. The first-order chi connectivity index (χ1) is 11.1. The summed E-state index contributed by atoms with van der Waals surface area (Å²) in [5, 5.41) is 0. The molecule has 3 rings (SSSR count). The predicted molar refractivity (Wildman–Crippen MR) is 87.9 cm³/mol. The Bertz CT molecular complexity index is 704. The van der Waals surface area contributed by atoms with Crippen LogP contribution >= 0.6 is 0 Å². The van der Waals surface area contributed by atoms with E-state index >= 15 is 0 Å². The number of amides is 2. The number of nitrogens with one attached hydrogen (secondary N) is 1. The normalized spacial score (nSPS) is 15.2. The summed E-state index contributed by atoms with van der Waals surface area (Å²) in [6.07, 6.45) is 3.82. The van der Waals surface area contributed by atoms with Crippen molar-refractivity contribution < 1.29 is 9.59 Å². The fraction of sp³-hybridized carbons (Fsp3) is 0.333. The number of primary amides is 1.